The molecule has 2 rings (SSSR count). The molecule has 1 heterocycles. The summed E-state index contributed by atoms with van der Waals surface area (Å²) in [5, 5.41) is 8.16. The van der Waals surface area contributed by atoms with Crippen LogP contribution in [0.3, 0.4) is 0 Å². The Bertz CT molecular complexity index is 358. The average Bonchev–Trinajstić information content (AvgIpc) is 2.96. The average molecular weight is 249 g/mol. The van der Waals surface area contributed by atoms with Crippen LogP contribution in [0.4, 0.5) is 0 Å². The molecule has 1 aromatic rings. The first-order chi connectivity index (χ1) is 8.76. The lowest BCUT2D eigenvalue weighted by molar-refractivity contribution is 0.342. The molecule has 18 heavy (non-hydrogen) atoms. The molecule has 3 unspecified atom stereocenters. The Morgan fingerprint density at radius 1 is 1.44 bits per heavy atom. The van der Waals surface area contributed by atoms with Crippen LogP contribution in [-0.4, -0.2) is 16.3 Å². The van der Waals surface area contributed by atoms with Gasteiger partial charge in [-0.2, -0.15) is 5.10 Å². The van der Waals surface area contributed by atoms with Crippen molar-refractivity contribution in [3.05, 3.63) is 18.0 Å². The van der Waals surface area contributed by atoms with Gasteiger partial charge in [-0.1, -0.05) is 27.2 Å². The molecule has 1 aromatic heterocycles. The molecule has 1 saturated carbocycles. The molecule has 102 valence electrons. The van der Waals surface area contributed by atoms with E-state index < -0.39 is 0 Å². The summed E-state index contributed by atoms with van der Waals surface area (Å²) in [5.41, 5.74) is 1.39. The standard InChI is InChI=1S/C15H27N3/c1-4-10-18-14(8-9-17-18)15(16-5-2)13-7-6-12(3)11-13/h8-9,12-13,15-16H,4-7,10-11H2,1-3H3. The van der Waals surface area contributed by atoms with Crippen molar-refractivity contribution in [1.82, 2.24) is 15.1 Å². The van der Waals surface area contributed by atoms with Crippen LogP contribution in [0.25, 0.3) is 0 Å². The third-order valence-corrected chi connectivity index (χ3v) is 4.13. The van der Waals surface area contributed by atoms with Gasteiger partial charge in [-0.15, -0.1) is 0 Å². The summed E-state index contributed by atoms with van der Waals surface area (Å²) in [6, 6.07) is 2.69. The Hall–Kier alpha value is -0.830. The van der Waals surface area contributed by atoms with E-state index in [0.29, 0.717) is 6.04 Å². The van der Waals surface area contributed by atoms with Gasteiger partial charge in [0, 0.05) is 12.7 Å². The molecule has 0 saturated heterocycles. The van der Waals surface area contributed by atoms with Crippen molar-refractivity contribution in [1.29, 1.82) is 0 Å². The number of rotatable bonds is 6. The SMILES string of the molecule is CCCn1nccc1C(NCC)C1CCC(C)C1. The second kappa shape index (κ2) is 6.37. The van der Waals surface area contributed by atoms with Gasteiger partial charge in [0.2, 0.25) is 0 Å². The van der Waals surface area contributed by atoms with Gasteiger partial charge in [-0.05, 0) is 43.7 Å². The molecule has 1 N–H and O–H groups in total. The number of aromatic nitrogens is 2. The van der Waals surface area contributed by atoms with Crippen molar-refractivity contribution in [2.24, 2.45) is 11.8 Å². The van der Waals surface area contributed by atoms with Crippen LogP contribution < -0.4 is 5.32 Å². The van der Waals surface area contributed by atoms with Crippen LogP contribution >= 0.6 is 0 Å². The zero-order valence-corrected chi connectivity index (χ0v) is 12.0. The highest BCUT2D eigenvalue weighted by Gasteiger charge is 2.30. The quantitative estimate of drug-likeness (QED) is 0.837. The van der Waals surface area contributed by atoms with Crippen LogP contribution in [-0.2, 0) is 6.54 Å². The Labute approximate surface area is 111 Å². The highest BCUT2D eigenvalue weighted by Crippen LogP contribution is 2.38. The first-order valence-electron chi connectivity index (χ1n) is 7.51. The monoisotopic (exact) mass is 249 g/mol. The minimum absolute atomic E-state index is 0.494. The number of hydrogen-bond donors (Lipinski definition) is 1. The van der Waals surface area contributed by atoms with Crippen LogP contribution in [0.15, 0.2) is 12.3 Å². The molecule has 0 amide bonds. The predicted molar refractivity (Wildman–Crippen MR) is 75.4 cm³/mol. The molecule has 0 radical (unpaired) electrons. The lowest BCUT2D eigenvalue weighted by atomic mass is 9.94. The van der Waals surface area contributed by atoms with Crippen LogP contribution in [0.2, 0.25) is 0 Å². The van der Waals surface area contributed by atoms with Crippen molar-refractivity contribution in [2.45, 2.75) is 59.0 Å². The fourth-order valence-electron chi connectivity index (χ4n) is 3.29. The van der Waals surface area contributed by atoms with Gasteiger partial charge in [0.1, 0.15) is 0 Å². The number of hydrogen-bond acceptors (Lipinski definition) is 2. The second-order valence-corrected chi connectivity index (χ2v) is 5.69. The van der Waals surface area contributed by atoms with E-state index in [0.717, 1.165) is 31.3 Å². The summed E-state index contributed by atoms with van der Waals surface area (Å²) in [5.74, 6) is 1.67. The van der Waals surface area contributed by atoms with E-state index in [1.807, 2.05) is 6.20 Å². The maximum Gasteiger partial charge on any atom is 0.0556 e. The minimum atomic E-state index is 0.494. The molecule has 0 spiro atoms. The van der Waals surface area contributed by atoms with Crippen molar-refractivity contribution in [3.8, 4) is 0 Å². The van der Waals surface area contributed by atoms with Crippen LogP contribution in [0.5, 0.6) is 0 Å². The lowest BCUT2D eigenvalue weighted by Gasteiger charge is -2.25. The summed E-state index contributed by atoms with van der Waals surface area (Å²) in [4.78, 5) is 0. The van der Waals surface area contributed by atoms with Gasteiger partial charge < -0.3 is 5.32 Å². The fraction of sp³-hybridized carbons (Fsp3) is 0.800. The largest absolute Gasteiger partial charge is 0.309 e. The van der Waals surface area contributed by atoms with Gasteiger partial charge in [-0.25, -0.2) is 0 Å². The highest BCUT2D eigenvalue weighted by molar-refractivity contribution is 5.09. The van der Waals surface area contributed by atoms with Gasteiger partial charge in [0.05, 0.1) is 11.7 Å². The number of nitrogens with zero attached hydrogens (tertiary/aromatic N) is 2. The maximum atomic E-state index is 4.48. The molecule has 3 heteroatoms. The van der Waals surface area contributed by atoms with Crippen LogP contribution in [0.1, 0.15) is 58.2 Å². The van der Waals surface area contributed by atoms with Crippen LogP contribution in [0, 0.1) is 11.8 Å². The number of nitrogens with one attached hydrogen (secondary N) is 1. The van der Waals surface area contributed by atoms with E-state index in [1.165, 1.54) is 25.0 Å². The summed E-state index contributed by atoms with van der Waals surface area (Å²) in [6.45, 7) is 8.86. The second-order valence-electron chi connectivity index (χ2n) is 5.69. The van der Waals surface area contributed by atoms with E-state index in [1.54, 1.807) is 0 Å². The molecular formula is C15H27N3. The molecule has 0 bridgehead atoms. The Kier molecular flexibility index (Phi) is 4.81. The maximum absolute atomic E-state index is 4.48. The van der Waals surface area contributed by atoms with E-state index in [2.05, 4.69) is 41.9 Å². The predicted octanol–water partition coefficient (Wildman–Crippen LogP) is 3.38. The van der Waals surface area contributed by atoms with E-state index >= 15 is 0 Å². The molecule has 3 nitrogen and oxygen atoms in total. The number of aryl methyl sites for hydroxylation is 1. The van der Waals surface area contributed by atoms with Gasteiger partial charge in [-0.3, -0.25) is 4.68 Å². The Morgan fingerprint density at radius 2 is 2.28 bits per heavy atom. The molecule has 0 aromatic carbocycles. The smallest absolute Gasteiger partial charge is 0.0556 e. The third kappa shape index (κ3) is 2.94. The summed E-state index contributed by atoms with van der Waals surface area (Å²) < 4.78 is 2.19. The third-order valence-electron chi connectivity index (χ3n) is 4.13. The van der Waals surface area contributed by atoms with E-state index in [-0.39, 0.29) is 0 Å². The zero-order chi connectivity index (χ0) is 13.0. The Morgan fingerprint density at radius 3 is 2.89 bits per heavy atom. The highest BCUT2D eigenvalue weighted by atomic mass is 15.3. The van der Waals surface area contributed by atoms with Crippen molar-refractivity contribution >= 4 is 0 Å². The molecule has 1 fully saturated rings. The first-order valence-corrected chi connectivity index (χ1v) is 7.51. The molecule has 0 aliphatic heterocycles. The van der Waals surface area contributed by atoms with Crippen molar-refractivity contribution in [2.75, 3.05) is 6.54 Å². The van der Waals surface area contributed by atoms with Gasteiger partial charge in [0.25, 0.3) is 0 Å². The normalized spacial score (nSPS) is 25.5. The topological polar surface area (TPSA) is 29.9 Å². The summed E-state index contributed by atoms with van der Waals surface area (Å²) in [7, 11) is 0. The molecule has 1 aliphatic rings. The first kappa shape index (κ1) is 13.6. The van der Waals surface area contributed by atoms with Gasteiger partial charge in [0.15, 0.2) is 0 Å². The molecular weight excluding hydrogens is 222 g/mol. The van der Waals surface area contributed by atoms with Crippen molar-refractivity contribution < 1.29 is 0 Å². The zero-order valence-electron chi connectivity index (χ0n) is 12.0. The fourth-order valence-corrected chi connectivity index (χ4v) is 3.29. The van der Waals surface area contributed by atoms with Crippen molar-refractivity contribution in [3.63, 3.8) is 0 Å². The molecule has 1 aliphatic carbocycles. The Balaban J connectivity index is 2.15. The van der Waals surface area contributed by atoms with E-state index in [4.69, 9.17) is 0 Å². The molecule has 3 atom stereocenters. The summed E-state index contributed by atoms with van der Waals surface area (Å²) >= 11 is 0. The lowest BCUT2D eigenvalue weighted by Crippen LogP contribution is -2.29. The summed E-state index contributed by atoms with van der Waals surface area (Å²) in [6.07, 6.45) is 7.20. The minimum Gasteiger partial charge on any atom is -0.309 e. The van der Waals surface area contributed by atoms with Gasteiger partial charge >= 0.3 is 0 Å². The van der Waals surface area contributed by atoms with E-state index in [9.17, 15) is 0 Å².